The van der Waals surface area contributed by atoms with Crippen molar-refractivity contribution in [1.82, 2.24) is 0 Å². The maximum Gasteiger partial charge on any atom is 0.0549 e. The van der Waals surface area contributed by atoms with E-state index in [0.717, 1.165) is 28.0 Å². The molecule has 1 N–H and O–H groups in total. The molecule has 0 aliphatic rings. The average Bonchev–Trinajstić information content (AvgIpc) is 2.43. The van der Waals surface area contributed by atoms with Crippen molar-refractivity contribution < 1.29 is 0 Å². The third-order valence-corrected chi connectivity index (χ3v) is 4.32. The van der Waals surface area contributed by atoms with E-state index in [9.17, 15) is 0 Å². The molecule has 0 aliphatic carbocycles. The van der Waals surface area contributed by atoms with Gasteiger partial charge in [-0.1, -0.05) is 48.9 Å². The molecule has 2 aromatic carbocycles. The van der Waals surface area contributed by atoms with Crippen LogP contribution in [0.2, 0.25) is 5.02 Å². The SMILES string of the molecule is CCC(Cc1ccccc1)Nc1ccc(Cl)c(Br)c1. The Bertz CT molecular complexity index is 528. The molecule has 2 aromatic rings. The zero-order chi connectivity index (χ0) is 13.7. The highest BCUT2D eigenvalue weighted by Gasteiger charge is 2.08. The molecule has 2 rings (SSSR count). The van der Waals surface area contributed by atoms with Crippen LogP contribution in [0, 0.1) is 0 Å². The van der Waals surface area contributed by atoms with Crippen LogP contribution >= 0.6 is 27.5 Å². The Morgan fingerprint density at radius 1 is 1.16 bits per heavy atom. The highest BCUT2D eigenvalue weighted by atomic mass is 79.9. The lowest BCUT2D eigenvalue weighted by molar-refractivity contribution is 0.690. The monoisotopic (exact) mass is 337 g/mol. The largest absolute Gasteiger partial charge is 0.382 e. The molecule has 0 bridgehead atoms. The van der Waals surface area contributed by atoms with E-state index in [1.807, 2.05) is 24.3 Å². The highest BCUT2D eigenvalue weighted by Crippen LogP contribution is 2.26. The third kappa shape index (κ3) is 4.26. The first-order valence-corrected chi connectivity index (χ1v) is 7.61. The number of halogens is 2. The van der Waals surface area contributed by atoms with Gasteiger partial charge in [0.2, 0.25) is 0 Å². The van der Waals surface area contributed by atoms with Gasteiger partial charge in [0.25, 0.3) is 0 Å². The summed E-state index contributed by atoms with van der Waals surface area (Å²) >= 11 is 9.46. The van der Waals surface area contributed by atoms with Crippen molar-refractivity contribution >= 4 is 33.2 Å². The Balaban J connectivity index is 2.04. The maximum absolute atomic E-state index is 6.01. The van der Waals surface area contributed by atoms with Gasteiger partial charge in [-0.2, -0.15) is 0 Å². The molecule has 0 saturated carbocycles. The number of hydrogen-bond acceptors (Lipinski definition) is 1. The molecule has 0 amide bonds. The van der Waals surface area contributed by atoms with Gasteiger partial charge >= 0.3 is 0 Å². The van der Waals surface area contributed by atoms with E-state index in [0.29, 0.717) is 6.04 Å². The molecule has 0 saturated heterocycles. The molecule has 0 spiro atoms. The Morgan fingerprint density at radius 3 is 2.53 bits per heavy atom. The van der Waals surface area contributed by atoms with Gasteiger partial charge in [0, 0.05) is 16.2 Å². The van der Waals surface area contributed by atoms with Crippen LogP contribution in [-0.2, 0) is 6.42 Å². The van der Waals surface area contributed by atoms with Gasteiger partial charge in [-0.15, -0.1) is 0 Å². The minimum absolute atomic E-state index is 0.426. The lowest BCUT2D eigenvalue weighted by Crippen LogP contribution is -2.21. The van der Waals surface area contributed by atoms with E-state index in [1.165, 1.54) is 5.56 Å². The van der Waals surface area contributed by atoms with Crippen molar-refractivity contribution in [3.63, 3.8) is 0 Å². The predicted molar refractivity (Wildman–Crippen MR) is 87.0 cm³/mol. The van der Waals surface area contributed by atoms with E-state index in [2.05, 4.69) is 52.4 Å². The number of anilines is 1. The molecule has 19 heavy (non-hydrogen) atoms. The second kappa shape index (κ2) is 6.97. The quantitative estimate of drug-likeness (QED) is 0.755. The van der Waals surface area contributed by atoms with Gasteiger partial charge in [-0.3, -0.25) is 0 Å². The van der Waals surface area contributed by atoms with Crippen LogP contribution in [0.15, 0.2) is 53.0 Å². The first-order valence-electron chi connectivity index (χ1n) is 6.44. The fraction of sp³-hybridized carbons (Fsp3) is 0.250. The first kappa shape index (κ1) is 14.4. The van der Waals surface area contributed by atoms with Crippen LogP contribution in [0.1, 0.15) is 18.9 Å². The van der Waals surface area contributed by atoms with Gasteiger partial charge in [0.15, 0.2) is 0 Å². The summed E-state index contributed by atoms with van der Waals surface area (Å²) in [7, 11) is 0. The van der Waals surface area contributed by atoms with Crippen LogP contribution < -0.4 is 5.32 Å². The van der Waals surface area contributed by atoms with Crippen molar-refractivity contribution in [1.29, 1.82) is 0 Å². The van der Waals surface area contributed by atoms with E-state index in [1.54, 1.807) is 0 Å². The fourth-order valence-electron chi connectivity index (χ4n) is 2.02. The molecule has 1 unspecified atom stereocenters. The summed E-state index contributed by atoms with van der Waals surface area (Å²) in [6, 6.07) is 16.9. The smallest absolute Gasteiger partial charge is 0.0549 e. The zero-order valence-corrected chi connectivity index (χ0v) is 13.2. The van der Waals surface area contributed by atoms with Crippen LogP contribution in [0.5, 0.6) is 0 Å². The molecule has 100 valence electrons. The Hall–Kier alpha value is -0.990. The summed E-state index contributed by atoms with van der Waals surface area (Å²) < 4.78 is 0.925. The molecular weight excluding hydrogens is 322 g/mol. The normalized spacial score (nSPS) is 12.2. The van der Waals surface area contributed by atoms with Gasteiger partial charge in [0.05, 0.1) is 5.02 Å². The fourth-order valence-corrected chi connectivity index (χ4v) is 2.51. The summed E-state index contributed by atoms with van der Waals surface area (Å²) in [5, 5.41) is 4.29. The number of rotatable bonds is 5. The minimum Gasteiger partial charge on any atom is -0.382 e. The standard InChI is InChI=1S/C16H17BrClN/c1-2-13(10-12-6-4-3-5-7-12)19-14-8-9-16(18)15(17)11-14/h3-9,11,13,19H,2,10H2,1H3. The molecule has 0 fully saturated rings. The lowest BCUT2D eigenvalue weighted by atomic mass is 10.0. The number of benzene rings is 2. The number of nitrogens with one attached hydrogen (secondary N) is 1. The van der Waals surface area contributed by atoms with Gasteiger partial charge in [0.1, 0.15) is 0 Å². The Morgan fingerprint density at radius 2 is 1.89 bits per heavy atom. The molecule has 3 heteroatoms. The van der Waals surface area contributed by atoms with Crippen molar-refractivity contribution in [2.45, 2.75) is 25.8 Å². The molecule has 0 aliphatic heterocycles. The summed E-state index contributed by atoms with van der Waals surface area (Å²) in [4.78, 5) is 0. The molecule has 1 atom stereocenters. The molecule has 0 radical (unpaired) electrons. The average molecular weight is 339 g/mol. The van der Waals surface area contributed by atoms with Crippen LogP contribution in [0.4, 0.5) is 5.69 Å². The first-order chi connectivity index (χ1) is 9.19. The Kier molecular flexibility index (Phi) is 5.29. The maximum atomic E-state index is 6.01. The van der Waals surface area contributed by atoms with E-state index in [-0.39, 0.29) is 0 Å². The summed E-state index contributed by atoms with van der Waals surface area (Å²) in [6.45, 7) is 2.20. The van der Waals surface area contributed by atoms with E-state index < -0.39 is 0 Å². The molecule has 0 aromatic heterocycles. The van der Waals surface area contributed by atoms with Gasteiger partial charge < -0.3 is 5.32 Å². The van der Waals surface area contributed by atoms with Crippen molar-refractivity contribution in [3.05, 3.63) is 63.6 Å². The summed E-state index contributed by atoms with van der Waals surface area (Å²) in [5.41, 5.74) is 2.45. The lowest BCUT2D eigenvalue weighted by Gasteiger charge is -2.19. The summed E-state index contributed by atoms with van der Waals surface area (Å²) in [6.07, 6.45) is 2.10. The third-order valence-electron chi connectivity index (χ3n) is 3.11. The highest BCUT2D eigenvalue weighted by molar-refractivity contribution is 9.10. The van der Waals surface area contributed by atoms with E-state index >= 15 is 0 Å². The van der Waals surface area contributed by atoms with Crippen molar-refractivity contribution in [2.24, 2.45) is 0 Å². The van der Waals surface area contributed by atoms with Gasteiger partial charge in [-0.25, -0.2) is 0 Å². The van der Waals surface area contributed by atoms with Crippen molar-refractivity contribution in [2.75, 3.05) is 5.32 Å². The summed E-state index contributed by atoms with van der Waals surface area (Å²) in [5.74, 6) is 0. The van der Waals surface area contributed by atoms with Crippen molar-refractivity contribution in [3.8, 4) is 0 Å². The molecule has 0 heterocycles. The second-order valence-corrected chi connectivity index (χ2v) is 5.83. The topological polar surface area (TPSA) is 12.0 Å². The van der Waals surface area contributed by atoms with Crippen LogP contribution in [-0.4, -0.2) is 6.04 Å². The second-order valence-electron chi connectivity index (χ2n) is 4.57. The molecular formula is C16H17BrClN. The molecule has 1 nitrogen and oxygen atoms in total. The zero-order valence-electron chi connectivity index (χ0n) is 10.9. The Labute approximate surface area is 128 Å². The number of hydrogen-bond donors (Lipinski definition) is 1. The van der Waals surface area contributed by atoms with E-state index in [4.69, 9.17) is 11.6 Å². The minimum atomic E-state index is 0.426. The van der Waals surface area contributed by atoms with Crippen LogP contribution in [0.25, 0.3) is 0 Å². The predicted octanol–water partition coefficient (Wildman–Crippen LogP) is 5.54. The van der Waals surface area contributed by atoms with Gasteiger partial charge in [-0.05, 0) is 52.5 Å². The van der Waals surface area contributed by atoms with Crippen LogP contribution in [0.3, 0.4) is 0 Å².